The van der Waals surface area contributed by atoms with Gasteiger partial charge in [-0.15, -0.1) is 0 Å². The van der Waals surface area contributed by atoms with Crippen molar-refractivity contribution in [2.75, 3.05) is 13.2 Å². The molecule has 2 aliphatic heterocycles. The summed E-state index contributed by atoms with van der Waals surface area (Å²) < 4.78 is 23.9. The topological polar surface area (TPSA) is 158 Å². The molecule has 6 aliphatic rings. The number of hydrogen-bond acceptors (Lipinski definition) is 10. The van der Waals surface area contributed by atoms with E-state index in [0.29, 0.717) is 40.9 Å². The molecule has 18 unspecified atom stereocenters. The lowest BCUT2D eigenvalue weighted by Gasteiger charge is -2.63. The number of allylic oxidation sites excluding steroid dienone is 3. The Bertz CT molecular complexity index is 1250. The molecule has 292 valence electrons. The van der Waals surface area contributed by atoms with E-state index in [2.05, 4.69) is 66.7 Å². The van der Waals surface area contributed by atoms with Gasteiger partial charge in [-0.25, -0.2) is 0 Å². The van der Waals surface area contributed by atoms with Crippen LogP contribution in [0.5, 0.6) is 0 Å². The van der Waals surface area contributed by atoms with Crippen molar-refractivity contribution in [3.63, 3.8) is 0 Å². The van der Waals surface area contributed by atoms with Gasteiger partial charge >= 0.3 is 0 Å². The number of aliphatic hydroxyl groups excluding tert-OH is 6. The van der Waals surface area contributed by atoms with Crippen molar-refractivity contribution < 1.29 is 49.6 Å². The Labute approximate surface area is 305 Å². The van der Waals surface area contributed by atoms with Crippen LogP contribution in [0.3, 0.4) is 0 Å². The summed E-state index contributed by atoms with van der Waals surface area (Å²) in [6.45, 7) is 16.4. The molecule has 18 atom stereocenters. The van der Waals surface area contributed by atoms with Crippen LogP contribution in [-0.4, -0.2) is 105 Å². The summed E-state index contributed by atoms with van der Waals surface area (Å²) >= 11 is 0. The predicted molar refractivity (Wildman–Crippen MR) is 192 cm³/mol. The van der Waals surface area contributed by atoms with Crippen molar-refractivity contribution >= 4 is 0 Å². The van der Waals surface area contributed by atoms with E-state index < -0.39 is 61.9 Å². The molecule has 4 aliphatic carbocycles. The van der Waals surface area contributed by atoms with Crippen molar-refractivity contribution in [3.05, 3.63) is 23.8 Å². The highest BCUT2D eigenvalue weighted by Gasteiger charge is 2.64. The van der Waals surface area contributed by atoms with Crippen LogP contribution in [-0.2, 0) is 18.9 Å². The van der Waals surface area contributed by atoms with Crippen LogP contribution in [0.4, 0.5) is 0 Å². The average molecular weight is 721 g/mol. The predicted octanol–water partition coefficient (Wildman–Crippen LogP) is 4.48. The van der Waals surface area contributed by atoms with Gasteiger partial charge in [-0.3, -0.25) is 0 Å². The van der Waals surface area contributed by atoms with Gasteiger partial charge in [-0.05, 0) is 110 Å². The standard InChI is InChI=1S/C41H68O10/c1-8-24(22(2)3)10-9-23(4)27-11-12-30-40(27,6)18-15-31-39(5)17-14-26(19-25(39)13-16-41(30,31)7)49-38-36(32(44)28(43)21-48-38)51-37-35(47)34(46)33(45)29(20-42)50-37/h9-10,13,22-24,26-38,42-47H,8,11-12,14-21H2,1-7H3. The van der Waals surface area contributed by atoms with Gasteiger partial charge in [0.15, 0.2) is 12.6 Å². The largest absolute Gasteiger partial charge is 0.394 e. The fourth-order valence-electron chi connectivity index (χ4n) is 12.1. The third-order valence-corrected chi connectivity index (χ3v) is 15.2. The van der Waals surface area contributed by atoms with Crippen LogP contribution < -0.4 is 0 Å². The molecule has 0 bridgehead atoms. The summed E-state index contributed by atoms with van der Waals surface area (Å²) in [4.78, 5) is 0. The molecule has 0 spiro atoms. The quantitative estimate of drug-likeness (QED) is 0.178. The molecule has 2 heterocycles. The zero-order valence-electron chi connectivity index (χ0n) is 32.1. The summed E-state index contributed by atoms with van der Waals surface area (Å²) in [5.74, 6) is 3.92. The molecule has 6 N–H and O–H groups in total. The Hall–Kier alpha value is -0.920. The molecule has 0 radical (unpaired) electrons. The molecular weight excluding hydrogens is 652 g/mol. The Morgan fingerprint density at radius 3 is 2.27 bits per heavy atom. The smallest absolute Gasteiger partial charge is 0.187 e. The first-order valence-electron chi connectivity index (χ1n) is 20.1. The van der Waals surface area contributed by atoms with E-state index in [-0.39, 0.29) is 23.5 Å². The van der Waals surface area contributed by atoms with Crippen LogP contribution in [0.2, 0.25) is 0 Å². The first-order valence-corrected chi connectivity index (χ1v) is 20.1. The molecular formula is C41H68O10. The minimum atomic E-state index is -1.66. The fraction of sp³-hybridized carbons (Fsp3) is 0.902. The minimum absolute atomic E-state index is 0.0821. The zero-order chi connectivity index (χ0) is 37.0. The van der Waals surface area contributed by atoms with Crippen LogP contribution in [0, 0.1) is 51.8 Å². The number of hydrogen-bond donors (Lipinski definition) is 6. The van der Waals surface area contributed by atoms with Crippen molar-refractivity contribution in [1.29, 1.82) is 0 Å². The van der Waals surface area contributed by atoms with Crippen LogP contribution in [0.15, 0.2) is 23.8 Å². The maximum absolute atomic E-state index is 11.0. The summed E-state index contributed by atoms with van der Waals surface area (Å²) in [6.07, 6.45) is 4.87. The average Bonchev–Trinajstić information content (AvgIpc) is 3.46. The van der Waals surface area contributed by atoms with Gasteiger partial charge in [0, 0.05) is 0 Å². The summed E-state index contributed by atoms with van der Waals surface area (Å²) in [5, 5.41) is 62.1. The van der Waals surface area contributed by atoms with Crippen molar-refractivity contribution in [2.24, 2.45) is 51.8 Å². The molecule has 0 aromatic rings. The number of rotatable bonds is 10. The highest BCUT2D eigenvalue weighted by atomic mass is 16.8. The lowest BCUT2D eigenvalue weighted by atomic mass is 9.41. The second kappa shape index (κ2) is 15.3. The molecule has 0 amide bonds. The fourth-order valence-corrected chi connectivity index (χ4v) is 12.1. The van der Waals surface area contributed by atoms with Gasteiger partial charge < -0.3 is 49.6 Å². The summed E-state index contributed by atoms with van der Waals surface area (Å²) in [5.41, 5.74) is 2.12. The Morgan fingerprint density at radius 2 is 1.59 bits per heavy atom. The maximum Gasteiger partial charge on any atom is 0.187 e. The van der Waals surface area contributed by atoms with Crippen LogP contribution in [0.25, 0.3) is 0 Å². The third kappa shape index (κ3) is 7.07. The van der Waals surface area contributed by atoms with E-state index in [1.54, 1.807) is 0 Å². The normalized spacial score (nSPS) is 50.0. The van der Waals surface area contributed by atoms with E-state index >= 15 is 0 Å². The van der Waals surface area contributed by atoms with E-state index in [4.69, 9.17) is 18.9 Å². The molecule has 5 fully saturated rings. The van der Waals surface area contributed by atoms with Crippen molar-refractivity contribution in [2.45, 2.75) is 168 Å². The Kier molecular flexibility index (Phi) is 11.9. The van der Waals surface area contributed by atoms with E-state index in [9.17, 15) is 30.6 Å². The molecule has 0 aromatic carbocycles. The lowest BCUT2D eigenvalue weighted by molar-refractivity contribution is -0.361. The first-order chi connectivity index (χ1) is 24.1. The van der Waals surface area contributed by atoms with Gasteiger partial charge in [0.05, 0.1) is 19.3 Å². The molecule has 51 heavy (non-hydrogen) atoms. The minimum Gasteiger partial charge on any atom is -0.394 e. The number of aliphatic hydroxyl groups is 6. The molecule has 10 heteroatoms. The molecule has 6 rings (SSSR count). The highest BCUT2D eigenvalue weighted by Crippen LogP contribution is 2.72. The second-order valence-corrected chi connectivity index (χ2v) is 18.3. The highest BCUT2D eigenvalue weighted by molar-refractivity contribution is 5.28. The molecule has 3 saturated carbocycles. The monoisotopic (exact) mass is 720 g/mol. The molecule has 2 saturated heterocycles. The number of fused-ring (bicyclic) bond motifs is 5. The second-order valence-electron chi connectivity index (χ2n) is 18.3. The van der Waals surface area contributed by atoms with E-state index in [1.807, 2.05) is 0 Å². The zero-order valence-corrected chi connectivity index (χ0v) is 32.1. The first kappa shape index (κ1) is 39.8. The van der Waals surface area contributed by atoms with Gasteiger partial charge in [0.1, 0.15) is 42.7 Å². The SMILES string of the molecule is CCC(C=CC(C)C1CCC2C1(C)CCC1C3(C)CCC(OC4OCC(O)C(O)C4OC4OC(CO)C(O)C(O)C4O)CC3=CCC12C)C(C)C. The van der Waals surface area contributed by atoms with Crippen molar-refractivity contribution in [3.8, 4) is 0 Å². The van der Waals surface area contributed by atoms with E-state index in [0.717, 1.165) is 25.7 Å². The van der Waals surface area contributed by atoms with Gasteiger partial charge in [0.25, 0.3) is 0 Å². The van der Waals surface area contributed by atoms with Gasteiger partial charge in [-0.1, -0.05) is 72.3 Å². The number of ether oxygens (including phenoxy) is 4. The third-order valence-electron chi connectivity index (χ3n) is 15.2. The molecule has 0 aromatic heterocycles. The maximum atomic E-state index is 11.0. The van der Waals surface area contributed by atoms with Gasteiger partial charge in [-0.2, -0.15) is 0 Å². The van der Waals surface area contributed by atoms with Gasteiger partial charge in [0.2, 0.25) is 0 Å². The summed E-state index contributed by atoms with van der Waals surface area (Å²) in [7, 11) is 0. The van der Waals surface area contributed by atoms with E-state index in [1.165, 1.54) is 37.7 Å². The Balaban J connectivity index is 1.14. The van der Waals surface area contributed by atoms with Crippen LogP contribution >= 0.6 is 0 Å². The van der Waals surface area contributed by atoms with Crippen LogP contribution in [0.1, 0.15) is 106 Å². The Morgan fingerprint density at radius 1 is 0.843 bits per heavy atom. The molecule has 10 nitrogen and oxygen atoms in total. The lowest BCUT2D eigenvalue weighted by Crippen LogP contribution is -2.63. The van der Waals surface area contributed by atoms with Crippen molar-refractivity contribution in [1.82, 2.24) is 0 Å². The summed E-state index contributed by atoms with van der Waals surface area (Å²) in [6, 6.07) is 0.